The summed E-state index contributed by atoms with van der Waals surface area (Å²) in [5.74, 6) is 0. The summed E-state index contributed by atoms with van der Waals surface area (Å²) < 4.78 is 6.38. The molecule has 1 atom stereocenters. The molecule has 1 unspecified atom stereocenters. The van der Waals surface area contributed by atoms with Crippen molar-refractivity contribution >= 4 is 11.3 Å². The van der Waals surface area contributed by atoms with Gasteiger partial charge in [-0.1, -0.05) is 38.7 Å². The van der Waals surface area contributed by atoms with E-state index in [1.54, 1.807) is 0 Å². The van der Waals surface area contributed by atoms with Crippen LogP contribution in [-0.4, -0.2) is 18.8 Å². The van der Waals surface area contributed by atoms with Crippen LogP contribution in [0.15, 0.2) is 17.5 Å². The van der Waals surface area contributed by atoms with Gasteiger partial charge in [-0.05, 0) is 44.2 Å². The van der Waals surface area contributed by atoms with Crippen LogP contribution in [-0.2, 0) is 4.74 Å². The number of hydrogen-bond acceptors (Lipinski definition) is 3. The molecule has 1 heterocycles. The molecule has 0 aromatic carbocycles. The molecule has 0 amide bonds. The van der Waals surface area contributed by atoms with Crippen molar-refractivity contribution in [3.63, 3.8) is 0 Å². The molecule has 2 rings (SSSR count). The maximum absolute atomic E-state index is 6.38. The van der Waals surface area contributed by atoms with Crippen LogP contribution in [0, 0.1) is 0 Å². The number of thiophene rings is 1. The highest BCUT2D eigenvalue weighted by Gasteiger charge is 2.40. The van der Waals surface area contributed by atoms with Crippen molar-refractivity contribution in [2.75, 3.05) is 13.2 Å². The van der Waals surface area contributed by atoms with Gasteiger partial charge in [0.05, 0.1) is 11.6 Å². The van der Waals surface area contributed by atoms with Gasteiger partial charge in [0.1, 0.15) is 0 Å². The third-order valence-corrected chi connectivity index (χ3v) is 5.27. The molecule has 0 bridgehead atoms. The Morgan fingerprint density at radius 1 is 1.25 bits per heavy atom. The van der Waals surface area contributed by atoms with Gasteiger partial charge in [-0.25, -0.2) is 0 Å². The monoisotopic (exact) mass is 295 g/mol. The highest BCUT2D eigenvalue weighted by molar-refractivity contribution is 7.10. The Hall–Kier alpha value is -0.380. The average molecular weight is 295 g/mol. The summed E-state index contributed by atoms with van der Waals surface area (Å²) in [6.07, 6.45) is 8.88. The van der Waals surface area contributed by atoms with E-state index in [0.29, 0.717) is 6.04 Å². The summed E-state index contributed by atoms with van der Waals surface area (Å²) in [5.41, 5.74) is 0.00523. The van der Waals surface area contributed by atoms with E-state index in [-0.39, 0.29) is 5.60 Å². The van der Waals surface area contributed by atoms with Gasteiger partial charge in [-0.3, -0.25) is 0 Å². The van der Waals surface area contributed by atoms with Gasteiger partial charge in [0.15, 0.2) is 0 Å². The van der Waals surface area contributed by atoms with Crippen molar-refractivity contribution in [3.05, 3.63) is 22.4 Å². The standard InChI is InChI=1S/C17H29NOS/c1-3-13-18-16(15-10-9-14-20-15)17(19-4-2)11-7-5-6-8-12-17/h9-10,14,16,18H,3-8,11-13H2,1-2H3. The molecular weight excluding hydrogens is 266 g/mol. The molecule has 2 nitrogen and oxygen atoms in total. The Labute approximate surface area is 127 Å². The SMILES string of the molecule is CCCNC(c1cccs1)C1(OCC)CCCCCC1. The van der Waals surface area contributed by atoms with Gasteiger partial charge in [-0.15, -0.1) is 11.3 Å². The predicted molar refractivity (Wildman–Crippen MR) is 87.4 cm³/mol. The smallest absolute Gasteiger partial charge is 0.0884 e. The highest BCUT2D eigenvalue weighted by atomic mass is 32.1. The van der Waals surface area contributed by atoms with Crippen LogP contribution in [0.3, 0.4) is 0 Å². The van der Waals surface area contributed by atoms with E-state index in [4.69, 9.17) is 4.74 Å². The summed E-state index contributed by atoms with van der Waals surface area (Å²) in [4.78, 5) is 1.44. The fourth-order valence-electron chi connectivity index (χ4n) is 3.42. The Bertz CT molecular complexity index is 355. The molecule has 1 saturated carbocycles. The normalized spacial score (nSPS) is 20.5. The molecule has 0 aliphatic heterocycles. The number of nitrogens with one attached hydrogen (secondary N) is 1. The average Bonchev–Trinajstić information content (AvgIpc) is 2.87. The lowest BCUT2D eigenvalue weighted by Crippen LogP contribution is -2.46. The molecule has 1 N–H and O–H groups in total. The summed E-state index contributed by atoms with van der Waals surface area (Å²) >= 11 is 1.86. The van der Waals surface area contributed by atoms with E-state index in [2.05, 4.69) is 36.7 Å². The largest absolute Gasteiger partial charge is 0.373 e. The van der Waals surface area contributed by atoms with Crippen LogP contribution in [0.25, 0.3) is 0 Å². The molecule has 1 aromatic heterocycles. The zero-order valence-electron chi connectivity index (χ0n) is 13.0. The molecule has 1 aromatic rings. The second-order valence-electron chi connectivity index (χ2n) is 5.81. The second kappa shape index (κ2) is 8.16. The number of ether oxygens (including phenoxy) is 1. The van der Waals surface area contributed by atoms with Gasteiger partial charge < -0.3 is 10.1 Å². The van der Waals surface area contributed by atoms with Crippen molar-refractivity contribution in [1.82, 2.24) is 5.32 Å². The van der Waals surface area contributed by atoms with Gasteiger partial charge >= 0.3 is 0 Å². The van der Waals surface area contributed by atoms with Gasteiger partial charge in [0.2, 0.25) is 0 Å². The molecular formula is C17H29NOS. The molecule has 1 fully saturated rings. The van der Waals surface area contributed by atoms with E-state index in [1.807, 2.05) is 11.3 Å². The minimum absolute atomic E-state index is 0.00523. The van der Waals surface area contributed by atoms with Crippen LogP contribution >= 0.6 is 11.3 Å². The van der Waals surface area contributed by atoms with E-state index in [9.17, 15) is 0 Å². The first-order valence-electron chi connectivity index (χ1n) is 8.23. The first-order chi connectivity index (χ1) is 9.82. The first-order valence-corrected chi connectivity index (χ1v) is 9.11. The zero-order chi connectivity index (χ0) is 14.3. The van der Waals surface area contributed by atoms with Crippen molar-refractivity contribution in [2.45, 2.75) is 70.4 Å². The molecule has 114 valence electrons. The lowest BCUT2D eigenvalue weighted by Gasteiger charge is -2.40. The maximum atomic E-state index is 6.38. The van der Waals surface area contributed by atoms with E-state index in [0.717, 1.165) is 13.2 Å². The second-order valence-corrected chi connectivity index (χ2v) is 6.79. The van der Waals surface area contributed by atoms with Crippen LogP contribution in [0.5, 0.6) is 0 Å². The molecule has 1 aliphatic carbocycles. The Kier molecular flexibility index (Phi) is 6.53. The van der Waals surface area contributed by atoms with Gasteiger partial charge in [0.25, 0.3) is 0 Å². The Morgan fingerprint density at radius 2 is 2.00 bits per heavy atom. The summed E-state index contributed by atoms with van der Waals surface area (Å²) in [7, 11) is 0. The van der Waals surface area contributed by atoms with Crippen molar-refractivity contribution in [2.24, 2.45) is 0 Å². The summed E-state index contributed by atoms with van der Waals surface area (Å²) in [5, 5.41) is 5.97. The predicted octanol–water partition coefficient (Wildman–Crippen LogP) is 4.92. The fraction of sp³-hybridized carbons (Fsp3) is 0.765. The highest BCUT2D eigenvalue weighted by Crippen LogP contribution is 2.41. The third kappa shape index (κ3) is 3.84. The Morgan fingerprint density at radius 3 is 2.55 bits per heavy atom. The van der Waals surface area contributed by atoms with Crippen LogP contribution in [0.2, 0.25) is 0 Å². The van der Waals surface area contributed by atoms with Crippen molar-refractivity contribution in [3.8, 4) is 0 Å². The third-order valence-electron chi connectivity index (χ3n) is 4.33. The fourth-order valence-corrected chi connectivity index (χ4v) is 4.33. The van der Waals surface area contributed by atoms with E-state index >= 15 is 0 Å². The maximum Gasteiger partial charge on any atom is 0.0884 e. The summed E-state index contributed by atoms with van der Waals surface area (Å²) in [6, 6.07) is 4.79. The quantitative estimate of drug-likeness (QED) is 0.721. The molecule has 0 spiro atoms. The van der Waals surface area contributed by atoms with Crippen LogP contribution < -0.4 is 5.32 Å². The summed E-state index contributed by atoms with van der Waals surface area (Å²) in [6.45, 7) is 6.25. The van der Waals surface area contributed by atoms with Crippen molar-refractivity contribution in [1.29, 1.82) is 0 Å². The molecule has 1 aliphatic rings. The minimum atomic E-state index is 0.00523. The van der Waals surface area contributed by atoms with Crippen LogP contribution in [0.1, 0.15) is 69.7 Å². The zero-order valence-corrected chi connectivity index (χ0v) is 13.8. The molecule has 0 saturated heterocycles. The van der Waals surface area contributed by atoms with E-state index in [1.165, 1.54) is 49.8 Å². The Balaban J connectivity index is 2.24. The van der Waals surface area contributed by atoms with Crippen molar-refractivity contribution < 1.29 is 4.74 Å². The first kappa shape index (κ1) is 16.0. The van der Waals surface area contributed by atoms with E-state index < -0.39 is 0 Å². The number of rotatable bonds is 7. The van der Waals surface area contributed by atoms with Gasteiger partial charge in [-0.2, -0.15) is 0 Å². The molecule has 20 heavy (non-hydrogen) atoms. The van der Waals surface area contributed by atoms with Crippen LogP contribution in [0.4, 0.5) is 0 Å². The molecule has 3 heteroatoms. The minimum Gasteiger partial charge on any atom is -0.373 e. The lowest BCUT2D eigenvalue weighted by molar-refractivity contribution is -0.0773. The topological polar surface area (TPSA) is 21.3 Å². The molecule has 0 radical (unpaired) electrons. The van der Waals surface area contributed by atoms with Gasteiger partial charge in [0, 0.05) is 11.5 Å². The lowest BCUT2D eigenvalue weighted by atomic mass is 9.85. The number of hydrogen-bond donors (Lipinski definition) is 1.